The molecule has 0 aromatic heterocycles. The van der Waals surface area contributed by atoms with Gasteiger partial charge in [0.2, 0.25) is 0 Å². The first-order valence-corrected chi connectivity index (χ1v) is 8.78. The summed E-state index contributed by atoms with van der Waals surface area (Å²) in [5, 5.41) is 0. The Balaban J connectivity index is 1.72. The monoisotopic (exact) mass is 355 g/mol. The fourth-order valence-electron chi connectivity index (χ4n) is 3.57. The standard InChI is InChI=1S/C21H22FNO3/c1-23(16-9-3-2-4-10-16)19(24)15-26-20(25)21(13-7-8-14-21)17-11-5-6-12-18(17)22/h2-6,9-12H,7-8,13-15H2,1H3. The molecule has 3 rings (SSSR count). The van der Waals surface area contributed by atoms with Crippen molar-refractivity contribution in [3.05, 3.63) is 66.0 Å². The average molecular weight is 355 g/mol. The summed E-state index contributed by atoms with van der Waals surface area (Å²) in [6.45, 7) is -0.361. The molecule has 0 atom stereocenters. The lowest BCUT2D eigenvalue weighted by Gasteiger charge is -2.28. The highest BCUT2D eigenvalue weighted by molar-refractivity contribution is 5.95. The predicted octanol–water partition coefficient (Wildman–Crippen LogP) is 3.84. The minimum absolute atomic E-state index is 0.328. The average Bonchev–Trinajstić information content (AvgIpc) is 3.17. The number of hydrogen-bond acceptors (Lipinski definition) is 3. The second kappa shape index (κ2) is 7.68. The summed E-state index contributed by atoms with van der Waals surface area (Å²) < 4.78 is 19.7. The van der Waals surface area contributed by atoms with Crippen LogP contribution in [-0.2, 0) is 19.7 Å². The summed E-state index contributed by atoms with van der Waals surface area (Å²) in [5.74, 6) is -1.25. The van der Waals surface area contributed by atoms with Crippen molar-refractivity contribution in [2.75, 3.05) is 18.6 Å². The molecule has 1 fully saturated rings. The number of para-hydroxylation sites is 1. The molecule has 0 N–H and O–H groups in total. The minimum atomic E-state index is -0.989. The van der Waals surface area contributed by atoms with Crippen LogP contribution in [0, 0.1) is 5.82 Å². The zero-order valence-electron chi connectivity index (χ0n) is 14.8. The molecule has 1 aliphatic rings. The normalized spacial score (nSPS) is 15.5. The molecule has 0 radical (unpaired) electrons. The van der Waals surface area contributed by atoms with Crippen LogP contribution in [0.15, 0.2) is 54.6 Å². The van der Waals surface area contributed by atoms with E-state index in [-0.39, 0.29) is 12.5 Å². The van der Waals surface area contributed by atoms with E-state index in [4.69, 9.17) is 4.74 Å². The second-order valence-corrected chi connectivity index (χ2v) is 6.63. The summed E-state index contributed by atoms with van der Waals surface area (Å²) >= 11 is 0. The van der Waals surface area contributed by atoms with Gasteiger partial charge in [-0.1, -0.05) is 49.2 Å². The molecule has 1 saturated carbocycles. The van der Waals surface area contributed by atoms with Crippen molar-refractivity contribution in [3.63, 3.8) is 0 Å². The number of halogens is 1. The maximum atomic E-state index is 14.3. The van der Waals surface area contributed by atoms with Crippen LogP contribution in [0.2, 0.25) is 0 Å². The van der Waals surface area contributed by atoms with Gasteiger partial charge >= 0.3 is 5.97 Å². The van der Waals surface area contributed by atoms with Gasteiger partial charge in [0.25, 0.3) is 5.91 Å². The van der Waals surface area contributed by atoms with Crippen LogP contribution in [0.3, 0.4) is 0 Å². The molecule has 0 heterocycles. The second-order valence-electron chi connectivity index (χ2n) is 6.63. The first-order chi connectivity index (χ1) is 12.5. The lowest BCUT2D eigenvalue weighted by atomic mass is 9.78. The van der Waals surface area contributed by atoms with E-state index in [0.717, 1.165) is 18.5 Å². The van der Waals surface area contributed by atoms with Crippen LogP contribution in [0.4, 0.5) is 10.1 Å². The van der Waals surface area contributed by atoms with Crippen LogP contribution in [-0.4, -0.2) is 25.5 Å². The smallest absolute Gasteiger partial charge is 0.317 e. The Labute approximate surface area is 152 Å². The van der Waals surface area contributed by atoms with Gasteiger partial charge in [-0.25, -0.2) is 4.39 Å². The lowest BCUT2D eigenvalue weighted by molar-refractivity contribution is -0.153. The third-order valence-corrected chi connectivity index (χ3v) is 5.08. The van der Waals surface area contributed by atoms with Crippen molar-refractivity contribution >= 4 is 17.6 Å². The minimum Gasteiger partial charge on any atom is -0.455 e. The van der Waals surface area contributed by atoms with Gasteiger partial charge in [0, 0.05) is 18.3 Å². The summed E-state index contributed by atoms with van der Waals surface area (Å²) in [6.07, 6.45) is 2.74. The molecule has 0 spiro atoms. The molecule has 0 bridgehead atoms. The zero-order valence-corrected chi connectivity index (χ0v) is 14.8. The van der Waals surface area contributed by atoms with Crippen LogP contribution >= 0.6 is 0 Å². The van der Waals surface area contributed by atoms with Crippen molar-refractivity contribution in [1.29, 1.82) is 0 Å². The Morgan fingerprint density at radius 3 is 2.31 bits per heavy atom. The van der Waals surface area contributed by atoms with Gasteiger partial charge in [-0.2, -0.15) is 0 Å². The van der Waals surface area contributed by atoms with Crippen molar-refractivity contribution in [2.24, 2.45) is 0 Å². The van der Waals surface area contributed by atoms with Crippen LogP contribution in [0.5, 0.6) is 0 Å². The van der Waals surface area contributed by atoms with E-state index in [9.17, 15) is 14.0 Å². The Morgan fingerprint density at radius 2 is 1.65 bits per heavy atom. The van der Waals surface area contributed by atoms with E-state index in [2.05, 4.69) is 0 Å². The van der Waals surface area contributed by atoms with Gasteiger partial charge in [0.15, 0.2) is 6.61 Å². The molecule has 5 heteroatoms. The van der Waals surface area contributed by atoms with Gasteiger partial charge in [0.05, 0.1) is 5.41 Å². The number of amides is 1. The molecule has 136 valence electrons. The number of esters is 1. The Morgan fingerprint density at radius 1 is 1.04 bits per heavy atom. The molecule has 2 aromatic rings. The third kappa shape index (κ3) is 3.47. The molecule has 0 unspecified atom stereocenters. The fraction of sp³-hybridized carbons (Fsp3) is 0.333. The number of carbonyl (C=O) groups is 2. The molecular formula is C21H22FNO3. The fourth-order valence-corrected chi connectivity index (χ4v) is 3.57. The van der Waals surface area contributed by atoms with Gasteiger partial charge in [0.1, 0.15) is 5.82 Å². The lowest BCUT2D eigenvalue weighted by Crippen LogP contribution is -2.38. The van der Waals surface area contributed by atoms with E-state index >= 15 is 0 Å². The first-order valence-electron chi connectivity index (χ1n) is 8.78. The quantitative estimate of drug-likeness (QED) is 0.766. The van der Waals surface area contributed by atoms with E-state index in [0.29, 0.717) is 18.4 Å². The highest BCUT2D eigenvalue weighted by Crippen LogP contribution is 2.43. The highest BCUT2D eigenvalue weighted by atomic mass is 19.1. The molecule has 1 amide bonds. The number of likely N-dealkylation sites (N-methyl/N-ethyl adjacent to an activating group) is 1. The maximum absolute atomic E-state index is 14.3. The number of hydrogen-bond donors (Lipinski definition) is 0. The van der Waals surface area contributed by atoms with Crippen molar-refractivity contribution in [3.8, 4) is 0 Å². The van der Waals surface area contributed by atoms with Gasteiger partial charge < -0.3 is 9.64 Å². The number of nitrogens with zero attached hydrogens (tertiary/aromatic N) is 1. The SMILES string of the molecule is CN(C(=O)COC(=O)C1(c2ccccc2F)CCCC1)c1ccccc1. The van der Waals surface area contributed by atoms with E-state index in [1.807, 2.05) is 18.2 Å². The number of anilines is 1. The first kappa shape index (κ1) is 18.1. The third-order valence-electron chi connectivity index (χ3n) is 5.08. The zero-order chi connectivity index (χ0) is 18.6. The predicted molar refractivity (Wildman–Crippen MR) is 97.4 cm³/mol. The number of benzene rings is 2. The van der Waals surface area contributed by atoms with E-state index in [1.54, 1.807) is 37.4 Å². The Hall–Kier alpha value is -2.69. The number of rotatable bonds is 5. The molecule has 0 aliphatic heterocycles. The molecule has 2 aromatic carbocycles. The van der Waals surface area contributed by atoms with Crippen LogP contribution < -0.4 is 4.90 Å². The number of carbonyl (C=O) groups excluding carboxylic acids is 2. The number of ether oxygens (including phenoxy) is 1. The molecule has 0 saturated heterocycles. The molecule has 1 aliphatic carbocycles. The van der Waals surface area contributed by atoms with Gasteiger partial charge in [-0.05, 0) is 31.0 Å². The van der Waals surface area contributed by atoms with E-state index < -0.39 is 17.2 Å². The Bertz CT molecular complexity index is 785. The molecule has 4 nitrogen and oxygen atoms in total. The summed E-state index contributed by atoms with van der Waals surface area (Å²) in [4.78, 5) is 26.6. The highest BCUT2D eigenvalue weighted by Gasteiger charge is 2.46. The largest absolute Gasteiger partial charge is 0.455 e. The summed E-state index contributed by atoms with van der Waals surface area (Å²) in [7, 11) is 1.63. The molecular weight excluding hydrogens is 333 g/mol. The van der Waals surface area contributed by atoms with E-state index in [1.165, 1.54) is 11.0 Å². The van der Waals surface area contributed by atoms with Crippen molar-refractivity contribution in [2.45, 2.75) is 31.1 Å². The van der Waals surface area contributed by atoms with Crippen molar-refractivity contribution in [1.82, 2.24) is 0 Å². The van der Waals surface area contributed by atoms with Crippen molar-refractivity contribution < 1.29 is 18.7 Å². The maximum Gasteiger partial charge on any atom is 0.317 e. The van der Waals surface area contributed by atoms with Crippen LogP contribution in [0.25, 0.3) is 0 Å². The van der Waals surface area contributed by atoms with Gasteiger partial charge in [-0.15, -0.1) is 0 Å². The topological polar surface area (TPSA) is 46.6 Å². The molecule has 26 heavy (non-hydrogen) atoms. The summed E-state index contributed by atoms with van der Waals surface area (Å²) in [6, 6.07) is 15.4. The van der Waals surface area contributed by atoms with Crippen LogP contribution in [0.1, 0.15) is 31.2 Å². The Kier molecular flexibility index (Phi) is 5.35. The summed E-state index contributed by atoms with van der Waals surface area (Å²) in [5.41, 5.74) is 0.0984. The van der Waals surface area contributed by atoms with Gasteiger partial charge in [-0.3, -0.25) is 9.59 Å².